The average molecular weight is 247 g/mol. The molecule has 1 N–H and O–H groups in total. The average Bonchev–Trinajstić information content (AvgIpc) is 2.11. The fraction of sp³-hybridized carbons (Fsp3) is 0.556. The quantitative estimate of drug-likeness (QED) is 0.558. The molecule has 0 aromatic heterocycles. The molecular formula is C9H13NO5S. The van der Waals surface area contributed by atoms with Crippen LogP contribution in [0.4, 0.5) is 0 Å². The standard InChI is InChI=1S/C9H13NO5S/c1-3-10-8(11)4-6(2)7(9(10)12)5-16(13,14)15/h3-5H2,1-2H3,(H,13,14,15). The monoisotopic (exact) mass is 247 g/mol. The van der Waals surface area contributed by atoms with Gasteiger partial charge >= 0.3 is 0 Å². The van der Waals surface area contributed by atoms with Crippen LogP contribution in [0.1, 0.15) is 20.3 Å². The summed E-state index contributed by atoms with van der Waals surface area (Å²) in [5.74, 6) is -1.71. The van der Waals surface area contributed by atoms with Crippen LogP contribution in [0.5, 0.6) is 0 Å². The lowest BCUT2D eigenvalue weighted by Crippen LogP contribution is -2.42. The number of rotatable bonds is 3. The second kappa shape index (κ2) is 4.34. The number of hydrogen-bond acceptors (Lipinski definition) is 4. The first-order valence-electron chi connectivity index (χ1n) is 4.74. The van der Waals surface area contributed by atoms with E-state index in [-0.39, 0.29) is 24.4 Å². The lowest BCUT2D eigenvalue weighted by molar-refractivity contribution is -0.142. The summed E-state index contributed by atoms with van der Waals surface area (Å²) in [6.45, 7) is 3.34. The summed E-state index contributed by atoms with van der Waals surface area (Å²) in [5, 5.41) is 0. The van der Waals surface area contributed by atoms with Crippen molar-refractivity contribution in [3.8, 4) is 0 Å². The lowest BCUT2D eigenvalue weighted by atomic mass is 10.0. The van der Waals surface area contributed by atoms with Crippen molar-refractivity contribution in [3.63, 3.8) is 0 Å². The first kappa shape index (κ1) is 12.9. The van der Waals surface area contributed by atoms with Crippen LogP contribution in [0.25, 0.3) is 0 Å². The van der Waals surface area contributed by atoms with Gasteiger partial charge in [-0.05, 0) is 13.8 Å². The van der Waals surface area contributed by atoms with Crippen LogP contribution in [-0.4, -0.2) is 42.0 Å². The van der Waals surface area contributed by atoms with Gasteiger partial charge in [-0.3, -0.25) is 19.0 Å². The third kappa shape index (κ3) is 2.67. The Hall–Kier alpha value is -1.21. The summed E-state index contributed by atoms with van der Waals surface area (Å²) in [6.07, 6.45) is 0.0183. The van der Waals surface area contributed by atoms with E-state index in [2.05, 4.69) is 0 Å². The molecule has 6 nitrogen and oxygen atoms in total. The maximum Gasteiger partial charge on any atom is 0.269 e. The highest BCUT2D eigenvalue weighted by Crippen LogP contribution is 2.20. The Labute approximate surface area is 93.7 Å². The van der Waals surface area contributed by atoms with Crippen LogP contribution in [0, 0.1) is 0 Å². The van der Waals surface area contributed by atoms with Gasteiger partial charge in [-0.1, -0.05) is 5.57 Å². The maximum atomic E-state index is 11.7. The van der Waals surface area contributed by atoms with Crippen molar-refractivity contribution in [2.75, 3.05) is 12.3 Å². The molecule has 0 saturated heterocycles. The van der Waals surface area contributed by atoms with Crippen molar-refractivity contribution in [3.05, 3.63) is 11.1 Å². The van der Waals surface area contributed by atoms with Crippen molar-refractivity contribution >= 4 is 21.9 Å². The molecule has 1 aliphatic heterocycles. The largest absolute Gasteiger partial charge is 0.285 e. The van der Waals surface area contributed by atoms with Gasteiger partial charge in [-0.15, -0.1) is 0 Å². The van der Waals surface area contributed by atoms with Gasteiger partial charge in [0, 0.05) is 18.5 Å². The number of imide groups is 1. The molecule has 0 spiro atoms. The van der Waals surface area contributed by atoms with Gasteiger partial charge in [-0.25, -0.2) is 0 Å². The Morgan fingerprint density at radius 1 is 1.38 bits per heavy atom. The molecule has 0 bridgehead atoms. The van der Waals surface area contributed by atoms with Gasteiger partial charge in [0.2, 0.25) is 5.91 Å². The van der Waals surface area contributed by atoms with Gasteiger partial charge in [0.1, 0.15) is 5.75 Å². The van der Waals surface area contributed by atoms with Crippen molar-refractivity contribution in [2.45, 2.75) is 20.3 Å². The van der Waals surface area contributed by atoms with E-state index < -0.39 is 21.8 Å². The van der Waals surface area contributed by atoms with Crippen molar-refractivity contribution in [2.24, 2.45) is 0 Å². The van der Waals surface area contributed by atoms with Gasteiger partial charge in [-0.2, -0.15) is 8.42 Å². The highest BCUT2D eigenvalue weighted by atomic mass is 32.2. The molecule has 1 rings (SSSR count). The molecule has 90 valence electrons. The first-order chi connectivity index (χ1) is 7.26. The number of carbonyl (C=O) groups excluding carboxylic acids is 2. The third-order valence-electron chi connectivity index (χ3n) is 2.38. The van der Waals surface area contributed by atoms with E-state index >= 15 is 0 Å². The van der Waals surface area contributed by atoms with Gasteiger partial charge in [0.15, 0.2) is 0 Å². The molecule has 0 unspecified atom stereocenters. The van der Waals surface area contributed by atoms with Crippen LogP contribution in [0.2, 0.25) is 0 Å². The SMILES string of the molecule is CCN1C(=O)CC(C)=C(CS(=O)(=O)O)C1=O. The zero-order valence-corrected chi connectivity index (χ0v) is 9.87. The fourth-order valence-corrected chi connectivity index (χ4v) is 2.31. The number of hydrogen-bond donors (Lipinski definition) is 1. The molecular weight excluding hydrogens is 234 g/mol. The second-order valence-corrected chi connectivity index (χ2v) is 5.06. The Bertz CT molecular complexity index is 462. The van der Waals surface area contributed by atoms with Crippen molar-refractivity contribution < 1.29 is 22.6 Å². The minimum absolute atomic E-state index is 0.0102. The van der Waals surface area contributed by atoms with Crippen molar-refractivity contribution in [1.82, 2.24) is 4.90 Å². The van der Waals surface area contributed by atoms with Crippen LogP contribution in [-0.2, 0) is 19.7 Å². The number of nitrogens with zero attached hydrogens (tertiary/aromatic N) is 1. The molecule has 2 amide bonds. The number of likely N-dealkylation sites (N-methyl/N-ethyl adjacent to an activating group) is 1. The summed E-state index contributed by atoms with van der Waals surface area (Å²) < 4.78 is 30.2. The Morgan fingerprint density at radius 3 is 2.38 bits per heavy atom. The molecule has 0 aromatic carbocycles. The van der Waals surface area contributed by atoms with Gasteiger partial charge < -0.3 is 0 Å². The smallest absolute Gasteiger partial charge is 0.269 e. The first-order valence-corrected chi connectivity index (χ1v) is 6.35. The van der Waals surface area contributed by atoms with Gasteiger partial charge in [0.25, 0.3) is 16.0 Å². The predicted octanol–water partition coefficient (Wildman–Crippen LogP) is -0.0305. The molecule has 0 radical (unpaired) electrons. The Morgan fingerprint density at radius 2 is 1.94 bits per heavy atom. The van der Waals surface area contributed by atoms with Crippen LogP contribution < -0.4 is 0 Å². The molecule has 0 aliphatic carbocycles. The molecule has 0 fully saturated rings. The normalized spacial score (nSPS) is 18.3. The van der Waals surface area contributed by atoms with E-state index in [9.17, 15) is 18.0 Å². The van der Waals surface area contributed by atoms with E-state index in [1.165, 1.54) is 6.92 Å². The van der Waals surface area contributed by atoms with Crippen LogP contribution >= 0.6 is 0 Å². The highest BCUT2D eigenvalue weighted by molar-refractivity contribution is 7.86. The zero-order chi connectivity index (χ0) is 12.5. The van der Waals surface area contributed by atoms with E-state index in [1.54, 1.807) is 6.92 Å². The van der Waals surface area contributed by atoms with Crippen LogP contribution in [0.15, 0.2) is 11.1 Å². The summed E-state index contributed by atoms with van der Waals surface area (Å²) in [5.41, 5.74) is 0.390. The summed E-state index contributed by atoms with van der Waals surface area (Å²) in [7, 11) is -4.26. The predicted molar refractivity (Wildman–Crippen MR) is 56.1 cm³/mol. The lowest BCUT2D eigenvalue weighted by Gasteiger charge is -2.26. The number of carbonyl (C=O) groups is 2. The topological polar surface area (TPSA) is 91.8 Å². The zero-order valence-electron chi connectivity index (χ0n) is 9.06. The Balaban J connectivity index is 3.11. The fourth-order valence-electron chi connectivity index (χ4n) is 1.57. The van der Waals surface area contributed by atoms with Gasteiger partial charge in [0.05, 0.1) is 0 Å². The third-order valence-corrected chi connectivity index (χ3v) is 3.03. The minimum atomic E-state index is -4.26. The van der Waals surface area contributed by atoms with E-state index in [0.717, 1.165) is 4.90 Å². The minimum Gasteiger partial charge on any atom is -0.285 e. The van der Waals surface area contributed by atoms with Crippen LogP contribution in [0.3, 0.4) is 0 Å². The molecule has 7 heteroatoms. The molecule has 0 saturated carbocycles. The summed E-state index contributed by atoms with van der Waals surface area (Å²) in [6, 6.07) is 0. The highest BCUT2D eigenvalue weighted by Gasteiger charge is 2.32. The Kier molecular flexibility index (Phi) is 3.49. The molecule has 16 heavy (non-hydrogen) atoms. The molecule has 0 atom stereocenters. The van der Waals surface area contributed by atoms with E-state index in [4.69, 9.17) is 4.55 Å². The van der Waals surface area contributed by atoms with Crippen molar-refractivity contribution in [1.29, 1.82) is 0 Å². The summed E-state index contributed by atoms with van der Waals surface area (Å²) in [4.78, 5) is 24.1. The molecule has 1 heterocycles. The molecule has 1 aliphatic rings. The van der Waals surface area contributed by atoms with E-state index in [0.29, 0.717) is 5.57 Å². The van der Waals surface area contributed by atoms with E-state index in [1.807, 2.05) is 0 Å². The number of amides is 2. The molecule has 0 aromatic rings. The maximum absolute atomic E-state index is 11.7. The summed E-state index contributed by atoms with van der Waals surface area (Å²) >= 11 is 0. The second-order valence-electron chi connectivity index (χ2n) is 3.61.